The highest BCUT2D eigenvalue weighted by molar-refractivity contribution is 9.10. The smallest absolute Gasteiger partial charge is 0.123 e. The summed E-state index contributed by atoms with van der Waals surface area (Å²) in [5.74, 6) is -0.264. The molecule has 2 N–H and O–H groups in total. The lowest BCUT2D eigenvalue weighted by molar-refractivity contribution is 0.0888. The molecule has 6 heteroatoms. The summed E-state index contributed by atoms with van der Waals surface area (Å²) >= 11 is 3.47. The van der Waals surface area contributed by atoms with E-state index in [1.807, 2.05) is 0 Å². The lowest BCUT2D eigenvalue weighted by Crippen LogP contribution is -2.38. The van der Waals surface area contributed by atoms with Crippen molar-refractivity contribution in [1.82, 2.24) is 4.90 Å². The number of hydrogen-bond acceptors (Lipinski definition) is 4. The highest BCUT2D eigenvalue weighted by Crippen LogP contribution is 2.28. The van der Waals surface area contributed by atoms with Crippen molar-refractivity contribution in [3.63, 3.8) is 0 Å². The Morgan fingerprint density at radius 2 is 1.85 bits per heavy atom. The highest BCUT2D eigenvalue weighted by Gasteiger charge is 2.21. The summed E-state index contributed by atoms with van der Waals surface area (Å²) in [6.07, 6.45) is 0. The Balaban J connectivity index is 2.94. The second-order valence-corrected chi connectivity index (χ2v) is 5.29. The van der Waals surface area contributed by atoms with Crippen molar-refractivity contribution in [2.24, 2.45) is 5.73 Å². The van der Waals surface area contributed by atoms with Gasteiger partial charge >= 0.3 is 0 Å². The number of benzene rings is 1. The van der Waals surface area contributed by atoms with E-state index in [1.165, 1.54) is 12.1 Å². The molecule has 0 heterocycles. The largest absolute Gasteiger partial charge is 0.383 e. The number of nitrogens with zero attached hydrogens (tertiary/aromatic N) is 1. The Labute approximate surface area is 128 Å². The second kappa shape index (κ2) is 9.41. The predicted molar refractivity (Wildman–Crippen MR) is 81.2 cm³/mol. The van der Waals surface area contributed by atoms with Gasteiger partial charge in [0.15, 0.2) is 0 Å². The number of ether oxygens (including phenoxy) is 2. The van der Waals surface area contributed by atoms with Crippen molar-refractivity contribution in [1.29, 1.82) is 0 Å². The fourth-order valence-corrected chi connectivity index (χ4v) is 2.59. The Morgan fingerprint density at radius 3 is 2.35 bits per heavy atom. The van der Waals surface area contributed by atoms with Gasteiger partial charge in [0.1, 0.15) is 5.82 Å². The zero-order valence-electron chi connectivity index (χ0n) is 11.9. The molecule has 1 unspecified atom stereocenters. The lowest BCUT2D eigenvalue weighted by atomic mass is 10.0. The minimum atomic E-state index is -0.264. The molecule has 0 aromatic heterocycles. The van der Waals surface area contributed by atoms with E-state index in [2.05, 4.69) is 20.8 Å². The lowest BCUT2D eigenvalue weighted by Gasteiger charge is -2.31. The molecule has 1 aromatic carbocycles. The van der Waals surface area contributed by atoms with Crippen LogP contribution in [0, 0.1) is 5.82 Å². The normalized spacial score (nSPS) is 12.9. The molecule has 4 nitrogen and oxygen atoms in total. The van der Waals surface area contributed by atoms with Crippen LogP contribution < -0.4 is 5.73 Å². The first-order valence-electron chi connectivity index (χ1n) is 6.51. The van der Waals surface area contributed by atoms with Crippen LogP contribution in [0.15, 0.2) is 22.7 Å². The van der Waals surface area contributed by atoms with E-state index in [4.69, 9.17) is 15.2 Å². The van der Waals surface area contributed by atoms with E-state index in [-0.39, 0.29) is 11.9 Å². The van der Waals surface area contributed by atoms with Gasteiger partial charge < -0.3 is 15.2 Å². The van der Waals surface area contributed by atoms with Crippen LogP contribution in [0.25, 0.3) is 0 Å². The van der Waals surface area contributed by atoms with Gasteiger partial charge in [-0.1, -0.05) is 15.9 Å². The third-order valence-corrected chi connectivity index (χ3v) is 3.87. The molecule has 0 saturated heterocycles. The van der Waals surface area contributed by atoms with E-state index in [1.54, 1.807) is 20.3 Å². The van der Waals surface area contributed by atoms with Crippen LogP contribution in [0.1, 0.15) is 11.6 Å². The van der Waals surface area contributed by atoms with E-state index < -0.39 is 0 Å². The summed E-state index contributed by atoms with van der Waals surface area (Å²) in [5.41, 5.74) is 6.75. The molecular formula is C14H22BrFN2O2. The quantitative estimate of drug-likeness (QED) is 0.743. The van der Waals surface area contributed by atoms with E-state index in [0.29, 0.717) is 32.8 Å². The fraction of sp³-hybridized carbons (Fsp3) is 0.571. The molecule has 1 aromatic rings. The van der Waals surface area contributed by atoms with Gasteiger partial charge in [-0.2, -0.15) is 0 Å². The molecule has 0 aliphatic rings. The third kappa shape index (κ3) is 5.10. The van der Waals surface area contributed by atoms with Crippen molar-refractivity contribution in [3.8, 4) is 0 Å². The summed E-state index contributed by atoms with van der Waals surface area (Å²) in [6.45, 7) is 3.01. The average Bonchev–Trinajstić information content (AvgIpc) is 2.45. The SMILES string of the molecule is COCCN(CCOC)C(CN)c1cc(F)ccc1Br. The predicted octanol–water partition coefficient (Wildman–Crippen LogP) is 2.18. The van der Waals surface area contributed by atoms with Gasteiger partial charge in [0.25, 0.3) is 0 Å². The molecule has 20 heavy (non-hydrogen) atoms. The third-order valence-electron chi connectivity index (χ3n) is 3.15. The molecule has 0 fully saturated rings. The van der Waals surface area contributed by atoms with Crippen molar-refractivity contribution in [2.75, 3.05) is 47.1 Å². The first kappa shape index (κ1) is 17.5. The summed E-state index contributed by atoms with van der Waals surface area (Å²) in [7, 11) is 3.31. The zero-order chi connectivity index (χ0) is 15.0. The summed E-state index contributed by atoms with van der Waals surface area (Å²) < 4.78 is 24.6. The van der Waals surface area contributed by atoms with Crippen molar-refractivity contribution >= 4 is 15.9 Å². The summed E-state index contributed by atoms with van der Waals surface area (Å²) in [4.78, 5) is 2.15. The van der Waals surface area contributed by atoms with Crippen molar-refractivity contribution < 1.29 is 13.9 Å². The van der Waals surface area contributed by atoms with Crippen LogP contribution in [-0.4, -0.2) is 52.0 Å². The molecule has 1 atom stereocenters. The maximum Gasteiger partial charge on any atom is 0.123 e. The Bertz CT molecular complexity index is 399. The molecule has 0 aliphatic carbocycles. The van der Waals surface area contributed by atoms with E-state index >= 15 is 0 Å². The minimum absolute atomic E-state index is 0.0784. The molecule has 0 aliphatic heterocycles. The standard InChI is InChI=1S/C14H22BrFN2O2/c1-19-7-5-18(6-8-20-2)14(10-17)12-9-11(16)3-4-13(12)15/h3-4,9,14H,5-8,10,17H2,1-2H3. The molecule has 1 rings (SSSR count). The van der Waals surface area contributed by atoms with Crippen molar-refractivity contribution in [3.05, 3.63) is 34.1 Å². The maximum atomic E-state index is 13.5. The van der Waals surface area contributed by atoms with Crippen LogP contribution in [0.2, 0.25) is 0 Å². The molecule has 0 radical (unpaired) electrons. The van der Waals surface area contributed by atoms with Gasteiger partial charge in [0.05, 0.1) is 13.2 Å². The van der Waals surface area contributed by atoms with Crippen LogP contribution in [0.3, 0.4) is 0 Å². The first-order valence-corrected chi connectivity index (χ1v) is 7.30. The first-order chi connectivity index (χ1) is 9.63. The summed E-state index contributed by atoms with van der Waals surface area (Å²) in [6, 6.07) is 4.58. The molecule has 0 spiro atoms. The maximum absolute atomic E-state index is 13.5. The summed E-state index contributed by atoms with van der Waals surface area (Å²) in [5, 5.41) is 0. The second-order valence-electron chi connectivity index (χ2n) is 4.44. The van der Waals surface area contributed by atoms with Gasteiger partial charge in [-0.25, -0.2) is 4.39 Å². The molecule has 0 saturated carbocycles. The monoisotopic (exact) mass is 348 g/mol. The number of nitrogens with two attached hydrogens (primary N) is 1. The van der Waals surface area contributed by atoms with Crippen LogP contribution in [-0.2, 0) is 9.47 Å². The number of rotatable bonds is 9. The Morgan fingerprint density at radius 1 is 1.25 bits per heavy atom. The molecule has 0 bridgehead atoms. The molecule has 0 amide bonds. The Hall–Kier alpha value is -0.530. The minimum Gasteiger partial charge on any atom is -0.383 e. The van der Waals surface area contributed by atoms with Crippen molar-refractivity contribution in [2.45, 2.75) is 6.04 Å². The fourth-order valence-electron chi connectivity index (χ4n) is 2.08. The van der Waals surface area contributed by atoms with Gasteiger partial charge in [-0.3, -0.25) is 4.90 Å². The van der Waals surface area contributed by atoms with E-state index in [0.717, 1.165) is 10.0 Å². The highest BCUT2D eigenvalue weighted by atomic mass is 79.9. The number of methoxy groups -OCH3 is 2. The van der Waals surface area contributed by atoms with Crippen LogP contribution >= 0.6 is 15.9 Å². The topological polar surface area (TPSA) is 47.7 Å². The average molecular weight is 349 g/mol. The van der Waals surface area contributed by atoms with Crippen LogP contribution in [0.5, 0.6) is 0 Å². The number of hydrogen-bond donors (Lipinski definition) is 1. The van der Waals surface area contributed by atoms with Gasteiger partial charge in [-0.15, -0.1) is 0 Å². The van der Waals surface area contributed by atoms with E-state index in [9.17, 15) is 4.39 Å². The molecule has 114 valence electrons. The van der Waals surface area contributed by atoms with Gasteiger partial charge in [-0.05, 0) is 23.8 Å². The van der Waals surface area contributed by atoms with Crippen LogP contribution in [0.4, 0.5) is 4.39 Å². The zero-order valence-corrected chi connectivity index (χ0v) is 13.5. The number of halogens is 2. The Kier molecular flexibility index (Phi) is 8.25. The van der Waals surface area contributed by atoms with Gasteiger partial charge in [0, 0.05) is 44.4 Å². The molecular weight excluding hydrogens is 327 g/mol. The van der Waals surface area contributed by atoms with Gasteiger partial charge in [0.2, 0.25) is 0 Å².